The maximum absolute atomic E-state index is 11.8. The van der Waals surface area contributed by atoms with Gasteiger partial charge in [-0.3, -0.25) is 0 Å². The third-order valence-electron chi connectivity index (χ3n) is 6.22. The van der Waals surface area contributed by atoms with Gasteiger partial charge in [0.05, 0.1) is 5.25 Å². The van der Waals surface area contributed by atoms with Crippen LogP contribution in [0.15, 0.2) is 35.9 Å². The zero-order valence-electron chi connectivity index (χ0n) is 18.1. The van der Waals surface area contributed by atoms with Gasteiger partial charge in [0, 0.05) is 25.2 Å². The second-order valence-electron chi connectivity index (χ2n) is 8.70. The average Bonchev–Trinajstić information content (AvgIpc) is 3.47. The van der Waals surface area contributed by atoms with Gasteiger partial charge in [-0.25, -0.2) is 13.1 Å². The lowest BCUT2D eigenvalue weighted by Crippen LogP contribution is -2.46. The van der Waals surface area contributed by atoms with Crippen LogP contribution < -0.4 is 10.0 Å². The molecule has 1 saturated heterocycles. The Morgan fingerprint density at radius 2 is 1.90 bits per heavy atom. The highest BCUT2D eigenvalue weighted by Gasteiger charge is 2.40. The van der Waals surface area contributed by atoms with E-state index in [1.807, 2.05) is 0 Å². The van der Waals surface area contributed by atoms with Gasteiger partial charge in [0.1, 0.15) is 0 Å². The molecule has 0 aromatic heterocycles. The molecular weight excluding hydrogens is 382 g/mol. The van der Waals surface area contributed by atoms with E-state index in [0.717, 1.165) is 38.9 Å². The van der Waals surface area contributed by atoms with Gasteiger partial charge in [-0.1, -0.05) is 48.9 Å². The van der Waals surface area contributed by atoms with Gasteiger partial charge < -0.3 is 10.2 Å². The first-order valence-corrected chi connectivity index (χ1v) is 12.7. The molecular formula is C23H37N3O2S. The van der Waals surface area contributed by atoms with Crippen molar-refractivity contribution in [3.63, 3.8) is 0 Å². The molecule has 1 heterocycles. The molecule has 0 amide bonds. The second kappa shape index (κ2) is 10.2. The van der Waals surface area contributed by atoms with E-state index in [0.29, 0.717) is 24.5 Å². The molecule has 6 heteroatoms. The van der Waals surface area contributed by atoms with Crippen LogP contribution in [-0.4, -0.2) is 56.8 Å². The summed E-state index contributed by atoms with van der Waals surface area (Å²) in [5.41, 5.74) is 2.86. The molecule has 3 rings (SSSR count). The van der Waals surface area contributed by atoms with E-state index >= 15 is 0 Å². The van der Waals surface area contributed by atoms with Gasteiger partial charge >= 0.3 is 0 Å². The lowest BCUT2D eigenvalue weighted by Gasteiger charge is -2.32. The van der Waals surface area contributed by atoms with E-state index in [1.54, 1.807) is 19.4 Å². The van der Waals surface area contributed by atoms with Crippen molar-refractivity contribution < 1.29 is 8.42 Å². The number of rotatable bonds is 10. The van der Waals surface area contributed by atoms with E-state index in [4.69, 9.17) is 0 Å². The highest BCUT2D eigenvalue weighted by atomic mass is 32.2. The summed E-state index contributed by atoms with van der Waals surface area (Å²) in [7, 11) is -3.15. The maximum Gasteiger partial charge on any atom is 0.213 e. The van der Waals surface area contributed by atoms with E-state index < -0.39 is 10.0 Å². The van der Waals surface area contributed by atoms with E-state index in [2.05, 4.69) is 58.3 Å². The van der Waals surface area contributed by atoms with E-state index in [-0.39, 0.29) is 5.25 Å². The van der Waals surface area contributed by atoms with Crippen LogP contribution in [0, 0.1) is 5.92 Å². The van der Waals surface area contributed by atoms with Crippen LogP contribution >= 0.6 is 0 Å². The van der Waals surface area contributed by atoms with Gasteiger partial charge in [-0.05, 0) is 64.1 Å². The van der Waals surface area contributed by atoms with Crippen molar-refractivity contribution >= 4 is 16.1 Å². The number of hydrogen-bond acceptors (Lipinski definition) is 4. The van der Waals surface area contributed by atoms with Crippen LogP contribution in [-0.2, 0) is 10.0 Å². The van der Waals surface area contributed by atoms with Crippen molar-refractivity contribution in [3.8, 4) is 0 Å². The van der Waals surface area contributed by atoms with Gasteiger partial charge in [0.2, 0.25) is 10.0 Å². The van der Waals surface area contributed by atoms with Crippen molar-refractivity contribution in [2.75, 3.05) is 26.2 Å². The van der Waals surface area contributed by atoms with Crippen LogP contribution in [0.2, 0.25) is 0 Å². The molecule has 1 saturated carbocycles. The van der Waals surface area contributed by atoms with Crippen molar-refractivity contribution in [1.29, 1.82) is 0 Å². The molecule has 0 spiro atoms. The largest absolute Gasteiger partial charge is 0.311 e. The molecule has 1 aromatic carbocycles. The summed E-state index contributed by atoms with van der Waals surface area (Å²) in [5, 5.41) is 3.51. The minimum atomic E-state index is -3.15. The number of benzene rings is 1. The average molecular weight is 420 g/mol. The summed E-state index contributed by atoms with van der Waals surface area (Å²) >= 11 is 0. The van der Waals surface area contributed by atoms with E-state index in [1.165, 1.54) is 12.0 Å². The number of piperidine rings is 1. The Morgan fingerprint density at radius 3 is 2.52 bits per heavy atom. The van der Waals surface area contributed by atoms with Gasteiger partial charge in [-0.15, -0.1) is 0 Å². The van der Waals surface area contributed by atoms with Gasteiger partial charge in [-0.2, -0.15) is 0 Å². The summed E-state index contributed by atoms with van der Waals surface area (Å²) in [6, 6.07) is 11.8. The summed E-state index contributed by atoms with van der Waals surface area (Å²) in [4.78, 5) is 2.37. The number of nitrogens with zero attached hydrogens (tertiary/aromatic N) is 1. The second-order valence-corrected chi connectivity index (χ2v) is 11.0. The van der Waals surface area contributed by atoms with Gasteiger partial charge in [0.15, 0.2) is 0 Å². The zero-order chi connectivity index (χ0) is 20.9. The van der Waals surface area contributed by atoms with Gasteiger partial charge in [0.25, 0.3) is 0 Å². The molecule has 5 nitrogen and oxygen atoms in total. The minimum absolute atomic E-state index is 0.368. The van der Waals surface area contributed by atoms with Crippen molar-refractivity contribution in [2.45, 2.75) is 63.8 Å². The van der Waals surface area contributed by atoms with E-state index in [9.17, 15) is 8.42 Å². The third kappa shape index (κ3) is 6.64. The summed E-state index contributed by atoms with van der Waals surface area (Å²) in [6.45, 7) is 9.07. The van der Waals surface area contributed by atoms with Crippen molar-refractivity contribution in [2.24, 2.45) is 5.92 Å². The SMILES string of the molecule is CC/C(=C\c1ccccc1)[C@@H]1C[C@H]1NC1CCN(CCNS(=O)(=O)C(C)C)CC1. The Morgan fingerprint density at radius 1 is 1.21 bits per heavy atom. The highest BCUT2D eigenvalue weighted by molar-refractivity contribution is 7.90. The molecule has 1 aliphatic heterocycles. The Bertz CT molecular complexity index is 769. The quantitative estimate of drug-likeness (QED) is 0.611. The normalized spacial score (nSPS) is 24.2. The topological polar surface area (TPSA) is 61.4 Å². The Labute approximate surface area is 177 Å². The number of nitrogens with one attached hydrogen (secondary N) is 2. The predicted molar refractivity (Wildman–Crippen MR) is 121 cm³/mol. The third-order valence-corrected chi connectivity index (χ3v) is 8.06. The Hall–Kier alpha value is -1.21. The zero-order valence-corrected chi connectivity index (χ0v) is 18.9. The number of likely N-dealkylation sites (tertiary alicyclic amines) is 1. The fraction of sp³-hybridized carbons (Fsp3) is 0.652. The Kier molecular flexibility index (Phi) is 7.91. The summed E-state index contributed by atoms with van der Waals surface area (Å²) in [5.74, 6) is 0.684. The number of hydrogen-bond donors (Lipinski definition) is 2. The smallest absolute Gasteiger partial charge is 0.213 e. The molecule has 162 valence electrons. The Balaban J connectivity index is 1.38. The molecule has 2 aliphatic rings. The molecule has 0 unspecified atom stereocenters. The standard InChI is InChI=1S/C23H37N3O2S/c1-4-20(16-19-8-6-5-7-9-19)22-17-23(22)25-21-10-13-26(14-11-21)15-12-24-29(27,28)18(2)3/h5-9,16,18,21-25H,4,10-15,17H2,1-3H3/b20-16+/t22-,23+/m0/s1. The molecule has 0 bridgehead atoms. The summed E-state index contributed by atoms with van der Waals surface area (Å²) in [6.07, 6.45) is 7.02. The molecule has 1 aliphatic carbocycles. The lowest BCUT2D eigenvalue weighted by molar-refractivity contribution is 0.199. The molecule has 1 aromatic rings. The first-order chi connectivity index (χ1) is 13.9. The highest BCUT2D eigenvalue weighted by Crippen LogP contribution is 2.40. The van der Waals surface area contributed by atoms with Crippen LogP contribution in [0.1, 0.15) is 52.0 Å². The fourth-order valence-electron chi connectivity index (χ4n) is 4.16. The minimum Gasteiger partial charge on any atom is -0.311 e. The van der Waals surface area contributed by atoms with Crippen LogP contribution in [0.4, 0.5) is 0 Å². The van der Waals surface area contributed by atoms with Crippen LogP contribution in [0.25, 0.3) is 6.08 Å². The molecule has 0 radical (unpaired) electrons. The van der Waals surface area contributed by atoms with Crippen molar-refractivity contribution in [1.82, 2.24) is 14.9 Å². The lowest BCUT2D eigenvalue weighted by atomic mass is 10.0. The van der Waals surface area contributed by atoms with Crippen LogP contribution in [0.3, 0.4) is 0 Å². The molecule has 2 N–H and O–H groups in total. The number of sulfonamides is 1. The predicted octanol–water partition coefficient (Wildman–Crippen LogP) is 3.25. The first kappa shape index (κ1) is 22.5. The first-order valence-electron chi connectivity index (χ1n) is 11.1. The monoisotopic (exact) mass is 419 g/mol. The molecule has 2 fully saturated rings. The summed E-state index contributed by atoms with van der Waals surface area (Å²) < 4.78 is 26.4. The molecule has 2 atom stereocenters. The molecule has 29 heavy (non-hydrogen) atoms. The maximum atomic E-state index is 11.8. The van der Waals surface area contributed by atoms with Crippen molar-refractivity contribution in [3.05, 3.63) is 41.5 Å². The fourth-order valence-corrected chi connectivity index (χ4v) is 4.87. The van der Waals surface area contributed by atoms with Crippen LogP contribution in [0.5, 0.6) is 0 Å².